The van der Waals surface area contributed by atoms with Crippen LogP contribution in [0.4, 0.5) is 5.82 Å². The van der Waals surface area contributed by atoms with E-state index in [1.165, 1.54) is 7.11 Å². The van der Waals surface area contributed by atoms with Crippen LogP contribution in [0.25, 0.3) is 0 Å². The molecule has 0 saturated heterocycles. The third-order valence-corrected chi connectivity index (χ3v) is 4.48. The molecule has 1 aromatic heterocycles. The van der Waals surface area contributed by atoms with Gasteiger partial charge in [0.25, 0.3) is 5.91 Å². The highest BCUT2D eigenvalue weighted by molar-refractivity contribution is 5.94. The fraction of sp³-hybridized carbons (Fsp3) is 0.381. The number of benzene rings is 1. The zero-order chi connectivity index (χ0) is 19.8. The number of rotatable bonds is 8. The van der Waals surface area contributed by atoms with Gasteiger partial charge in [0.1, 0.15) is 5.82 Å². The molecular weight excluding hydrogens is 342 g/mol. The lowest BCUT2D eigenvalue weighted by atomic mass is 10.0. The summed E-state index contributed by atoms with van der Waals surface area (Å²) in [7, 11) is 1.34. The number of pyridine rings is 1. The molecule has 0 saturated carbocycles. The number of hydrogen-bond acceptors (Lipinski definition) is 5. The first-order chi connectivity index (χ1) is 13.0. The molecule has 6 nitrogen and oxygen atoms in total. The third kappa shape index (κ3) is 5.54. The number of esters is 1. The maximum Gasteiger partial charge on any atom is 0.307 e. The second-order valence-electron chi connectivity index (χ2n) is 6.29. The molecular formula is C21H27N3O3. The fourth-order valence-corrected chi connectivity index (χ4v) is 2.80. The van der Waals surface area contributed by atoms with Crippen LogP contribution < -0.4 is 10.2 Å². The normalized spacial score (nSPS) is 11.6. The van der Waals surface area contributed by atoms with Gasteiger partial charge in [-0.25, -0.2) is 4.98 Å². The quantitative estimate of drug-likeness (QED) is 0.723. The zero-order valence-electron chi connectivity index (χ0n) is 16.4. The monoisotopic (exact) mass is 369 g/mol. The Bertz CT molecular complexity index is 753. The summed E-state index contributed by atoms with van der Waals surface area (Å²) >= 11 is 0. The van der Waals surface area contributed by atoms with E-state index in [-0.39, 0.29) is 18.3 Å². The van der Waals surface area contributed by atoms with Crippen molar-refractivity contribution in [2.75, 3.05) is 25.1 Å². The highest BCUT2D eigenvalue weighted by atomic mass is 16.5. The molecule has 0 bridgehead atoms. The Labute approximate surface area is 160 Å². The number of methoxy groups -OCH3 is 1. The van der Waals surface area contributed by atoms with Crippen LogP contribution in [0.15, 0.2) is 42.6 Å². The Hall–Kier alpha value is -2.89. The van der Waals surface area contributed by atoms with Crippen LogP contribution in [0, 0.1) is 6.92 Å². The molecule has 27 heavy (non-hydrogen) atoms. The van der Waals surface area contributed by atoms with E-state index in [1.54, 1.807) is 12.3 Å². The summed E-state index contributed by atoms with van der Waals surface area (Å²) in [6, 6.07) is 10.8. The molecule has 1 amide bonds. The number of aryl methyl sites for hydroxylation is 1. The summed E-state index contributed by atoms with van der Waals surface area (Å²) in [6.45, 7) is 7.81. The van der Waals surface area contributed by atoms with Crippen LogP contribution in [0.3, 0.4) is 0 Å². The third-order valence-electron chi connectivity index (χ3n) is 4.48. The molecule has 6 heteroatoms. The van der Waals surface area contributed by atoms with Gasteiger partial charge in [0.05, 0.1) is 25.1 Å². The molecule has 1 aromatic carbocycles. The van der Waals surface area contributed by atoms with Gasteiger partial charge in [-0.2, -0.15) is 0 Å². The van der Waals surface area contributed by atoms with Crippen molar-refractivity contribution in [1.82, 2.24) is 10.3 Å². The number of nitrogens with zero attached hydrogens (tertiary/aromatic N) is 2. The average Bonchev–Trinajstić information content (AvgIpc) is 2.69. The lowest BCUT2D eigenvalue weighted by molar-refractivity contribution is -0.141. The number of nitrogens with one attached hydrogen (secondary N) is 1. The molecule has 0 aliphatic heterocycles. The first kappa shape index (κ1) is 20.4. The number of carbonyl (C=O) groups is 2. The van der Waals surface area contributed by atoms with Crippen molar-refractivity contribution in [3.05, 3.63) is 59.3 Å². The van der Waals surface area contributed by atoms with Crippen LogP contribution in [0.2, 0.25) is 0 Å². The van der Waals surface area contributed by atoms with E-state index >= 15 is 0 Å². The summed E-state index contributed by atoms with van der Waals surface area (Å²) < 4.78 is 4.77. The van der Waals surface area contributed by atoms with E-state index in [0.29, 0.717) is 5.56 Å². The molecule has 0 fully saturated rings. The van der Waals surface area contributed by atoms with Crippen molar-refractivity contribution in [1.29, 1.82) is 0 Å². The number of carbonyl (C=O) groups excluding carboxylic acids is 2. The van der Waals surface area contributed by atoms with Crippen LogP contribution in [0.1, 0.15) is 47.8 Å². The first-order valence-corrected chi connectivity index (χ1v) is 9.13. The lowest BCUT2D eigenvalue weighted by Gasteiger charge is -2.20. The predicted octanol–water partition coefficient (Wildman–Crippen LogP) is 3.27. The molecule has 2 aromatic rings. The predicted molar refractivity (Wildman–Crippen MR) is 106 cm³/mol. The Morgan fingerprint density at radius 2 is 1.78 bits per heavy atom. The van der Waals surface area contributed by atoms with E-state index in [4.69, 9.17) is 4.74 Å². The average molecular weight is 369 g/mol. The van der Waals surface area contributed by atoms with Crippen molar-refractivity contribution in [3.63, 3.8) is 0 Å². The van der Waals surface area contributed by atoms with Crippen molar-refractivity contribution < 1.29 is 14.3 Å². The SMILES string of the molecule is CCN(CC)c1ccc(C(=O)NC(CC(=O)OC)c2ccc(C)cc2)cn1. The zero-order valence-corrected chi connectivity index (χ0v) is 16.4. The second-order valence-corrected chi connectivity index (χ2v) is 6.29. The van der Waals surface area contributed by atoms with Gasteiger partial charge in [-0.3, -0.25) is 9.59 Å². The molecule has 2 rings (SSSR count). The summed E-state index contributed by atoms with van der Waals surface area (Å²) in [5.41, 5.74) is 2.41. The fourth-order valence-electron chi connectivity index (χ4n) is 2.80. The molecule has 1 N–H and O–H groups in total. The number of aromatic nitrogens is 1. The van der Waals surface area contributed by atoms with E-state index in [1.807, 2.05) is 37.3 Å². The molecule has 1 atom stereocenters. The Morgan fingerprint density at radius 3 is 2.30 bits per heavy atom. The Kier molecular flexibility index (Phi) is 7.34. The summed E-state index contributed by atoms with van der Waals surface area (Å²) in [5, 5.41) is 2.92. The molecule has 1 heterocycles. The first-order valence-electron chi connectivity index (χ1n) is 9.13. The smallest absolute Gasteiger partial charge is 0.307 e. The van der Waals surface area contributed by atoms with Gasteiger partial charge >= 0.3 is 5.97 Å². The van der Waals surface area contributed by atoms with Crippen LogP contribution >= 0.6 is 0 Å². The Balaban J connectivity index is 2.17. The summed E-state index contributed by atoms with van der Waals surface area (Å²) in [6.07, 6.45) is 1.63. The number of hydrogen-bond donors (Lipinski definition) is 1. The highest BCUT2D eigenvalue weighted by Gasteiger charge is 2.20. The molecule has 0 spiro atoms. The lowest BCUT2D eigenvalue weighted by Crippen LogP contribution is -2.30. The maximum atomic E-state index is 12.7. The Morgan fingerprint density at radius 1 is 1.11 bits per heavy atom. The number of anilines is 1. The van der Waals surface area contributed by atoms with Gasteiger partial charge in [-0.05, 0) is 38.5 Å². The molecule has 144 valence electrons. The van der Waals surface area contributed by atoms with Gasteiger partial charge in [0, 0.05) is 19.3 Å². The summed E-state index contributed by atoms with van der Waals surface area (Å²) in [4.78, 5) is 30.9. The van der Waals surface area contributed by atoms with Crippen molar-refractivity contribution in [2.45, 2.75) is 33.2 Å². The van der Waals surface area contributed by atoms with Crippen LogP contribution in [0.5, 0.6) is 0 Å². The number of ether oxygens (including phenoxy) is 1. The van der Waals surface area contributed by atoms with Gasteiger partial charge in [-0.15, -0.1) is 0 Å². The van der Waals surface area contributed by atoms with Crippen molar-refractivity contribution >= 4 is 17.7 Å². The number of amides is 1. The minimum absolute atomic E-state index is 0.0657. The highest BCUT2D eigenvalue weighted by Crippen LogP contribution is 2.19. The van der Waals surface area contributed by atoms with E-state index in [0.717, 1.165) is 30.0 Å². The van der Waals surface area contributed by atoms with Gasteiger partial charge in [0.2, 0.25) is 0 Å². The molecule has 0 aliphatic rings. The largest absolute Gasteiger partial charge is 0.469 e. The van der Waals surface area contributed by atoms with Gasteiger partial charge < -0.3 is 15.0 Å². The van der Waals surface area contributed by atoms with Crippen LogP contribution in [-0.2, 0) is 9.53 Å². The van der Waals surface area contributed by atoms with Crippen molar-refractivity contribution in [3.8, 4) is 0 Å². The van der Waals surface area contributed by atoms with Gasteiger partial charge in [0.15, 0.2) is 0 Å². The topological polar surface area (TPSA) is 71.5 Å². The van der Waals surface area contributed by atoms with Gasteiger partial charge in [-0.1, -0.05) is 29.8 Å². The molecule has 1 unspecified atom stereocenters. The maximum absolute atomic E-state index is 12.7. The van der Waals surface area contributed by atoms with E-state index < -0.39 is 6.04 Å². The minimum Gasteiger partial charge on any atom is -0.469 e. The van der Waals surface area contributed by atoms with Crippen molar-refractivity contribution in [2.24, 2.45) is 0 Å². The minimum atomic E-state index is -0.465. The molecule has 0 aliphatic carbocycles. The van der Waals surface area contributed by atoms with E-state index in [2.05, 4.69) is 29.0 Å². The summed E-state index contributed by atoms with van der Waals surface area (Å²) in [5.74, 6) is 0.181. The van der Waals surface area contributed by atoms with Crippen LogP contribution in [-0.4, -0.2) is 37.1 Å². The van der Waals surface area contributed by atoms with E-state index in [9.17, 15) is 9.59 Å². The second kappa shape index (κ2) is 9.71. The standard InChI is InChI=1S/C21H27N3O3/c1-5-24(6-2)19-12-11-17(14-22-19)21(26)23-18(13-20(25)27-4)16-9-7-15(3)8-10-16/h7-12,14,18H,5-6,13H2,1-4H3,(H,23,26). The molecule has 0 radical (unpaired) electrons.